The maximum absolute atomic E-state index is 12.3. The highest BCUT2D eigenvalue weighted by Crippen LogP contribution is 2.18. The van der Waals surface area contributed by atoms with Gasteiger partial charge in [0.1, 0.15) is 0 Å². The molecule has 2 heterocycles. The molecule has 1 saturated heterocycles. The summed E-state index contributed by atoms with van der Waals surface area (Å²) in [5.74, 6) is -2.02. The Hall–Kier alpha value is -3.44. The predicted octanol–water partition coefficient (Wildman–Crippen LogP) is 0.702. The van der Waals surface area contributed by atoms with E-state index in [1.807, 2.05) is 6.07 Å². The molecule has 0 atom stereocenters. The number of benzene rings is 1. The van der Waals surface area contributed by atoms with Gasteiger partial charge in [0.2, 0.25) is 0 Å². The van der Waals surface area contributed by atoms with Gasteiger partial charge < -0.3 is 27.6 Å². The summed E-state index contributed by atoms with van der Waals surface area (Å²) in [7, 11) is 0. The lowest BCUT2D eigenvalue weighted by Crippen LogP contribution is -2.47. The molecule has 1 aromatic carbocycles. The predicted molar refractivity (Wildman–Crippen MR) is 117 cm³/mol. The first kappa shape index (κ1) is 22.2. The number of hydrogen-bond acceptors (Lipinski definition) is 7. The lowest BCUT2D eigenvalue weighted by Gasteiger charge is -2.32. The van der Waals surface area contributed by atoms with E-state index in [4.69, 9.17) is 33.9 Å². The van der Waals surface area contributed by atoms with Gasteiger partial charge >= 0.3 is 11.9 Å². The summed E-state index contributed by atoms with van der Waals surface area (Å²) in [4.78, 5) is 36.9. The average molecular weight is 447 g/mol. The Morgan fingerprint density at radius 2 is 1.94 bits per heavy atom. The monoisotopic (exact) mass is 446 g/mol. The molecule has 2 aromatic rings. The van der Waals surface area contributed by atoms with Crippen LogP contribution < -0.4 is 22.5 Å². The zero-order valence-electron chi connectivity index (χ0n) is 16.6. The quantitative estimate of drug-likeness (QED) is 0.323. The van der Waals surface area contributed by atoms with Crippen molar-refractivity contribution < 1.29 is 14.7 Å². The molecule has 12 heteroatoms. The van der Waals surface area contributed by atoms with Crippen LogP contribution in [0.5, 0.6) is 0 Å². The van der Waals surface area contributed by atoms with E-state index in [2.05, 4.69) is 25.2 Å². The largest absolute Gasteiger partial charge is 0.478 e. The summed E-state index contributed by atoms with van der Waals surface area (Å²) in [6.45, 7) is 2.22. The van der Waals surface area contributed by atoms with Crippen molar-refractivity contribution >= 4 is 41.1 Å². The number of aliphatic imine (C=N–C) groups is 1. The number of carbonyl (C=O) groups excluding carboxylic acids is 1. The summed E-state index contributed by atoms with van der Waals surface area (Å²) in [5, 5.41) is 12.0. The molecule has 1 aliphatic heterocycles. The van der Waals surface area contributed by atoms with Crippen LogP contribution in [0.2, 0.25) is 5.15 Å². The van der Waals surface area contributed by atoms with E-state index in [1.165, 1.54) is 0 Å². The molecule has 3 rings (SSSR count). The number of amides is 1. The van der Waals surface area contributed by atoms with E-state index in [9.17, 15) is 9.59 Å². The third kappa shape index (κ3) is 5.80. The number of rotatable bonds is 5. The van der Waals surface area contributed by atoms with E-state index in [0.29, 0.717) is 6.54 Å². The number of carboxylic acid groups (broad SMARTS) is 1. The highest BCUT2D eigenvalue weighted by atomic mass is 35.5. The average Bonchev–Trinajstić information content (AvgIpc) is 2.72. The van der Waals surface area contributed by atoms with Gasteiger partial charge in [0, 0.05) is 25.7 Å². The third-order valence-electron chi connectivity index (χ3n) is 4.85. The third-order valence-corrected chi connectivity index (χ3v) is 5.13. The van der Waals surface area contributed by atoms with Crippen LogP contribution in [0.3, 0.4) is 0 Å². The first-order valence-electron chi connectivity index (χ1n) is 9.51. The molecule has 0 bridgehead atoms. The Bertz CT molecular complexity index is 1020. The van der Waals surface area contributed by atoms with Crippen molar-refractivity contribution in [2.24, 2.45) is 10.7 Å². The molecule has 1 aliphatic rings. The second-order valence-corrected chi connectivity index (χ2v) is 7.49. The lowest BCUT2D eigenvalue weighted by atomic mass is 10.0. The number of carboxylic acids is 1. The van der Waals surface area contributed by atoms with Crippen molar-refractivity contribution in [1.29, 1.82) is 0 Å². The van der Waals surface area contributed by atoms with Crippen molar-refractivity contribution in [1.82, 2.24) is 20.2 Å². The van der Waals surface area contributed by atoms with Gasteiger partial charge in [-0.05, 0) is 30.5 Å². The van der Waals surface area contributed by atoms with Crippen LogP contribution in [-0.4, -0.2) is 56.9 Å². The topological polar surface area (TPSA) is 186 Å². The Labute approximate surface area is 183 Å². The fourth-order valence-corrected chi connectivity index (χ4v) is 3.43. The molecule has 8 N–H and O–H groups in total. The van der Waals surface area contributed by atoms with Gasteiger partial charge in [-0.15, -0.1) is 0 Å². The number of likely N-dealkylation sites (tertiary alicyclic amines) is 1. The molecule has 0 aliphatic carbocycles. The number of guanidine groups is 1. The zero-order chi connectivity index (χ0) is 22.5. The summed E-state index contributed by atoms with van der Waals surface area (Å²) in [6, 6.07) is 6.94. The Morgan fingerprint density at radius 3 is 2.61 bits per heavy atom. The Morgan fingerprint density at radius 1 is 1.23 bits per heavy atom. The van der Waals surface area contributed by atoms with E-state index < -0.39 is 11.9 Å². The minimum atomic E-state index is -0.942. The van der Waals surface area contributed by atoms with E-state index in [-0.39, 0.29) is 40.0 Å². The second-order valence-electron chi connectivity index (χ2n) is 7.14. The highest BCUT2D eigenvalue weighted by molar-refractivity contribution is 6.31. The van der Waals surface area contributed by atoms with Crippen molar-refractivity contribution in [2.45, 2.75) is 25.4 Å². The van der Waals surface area contributed by atoms with Crippen LogP contribution in [0.15, 0.2) is 29.3 Å². The molecule has 1 aromatic heterocycles. The number of nitrogens with zero attached hydrogens (tertiary/aromatic N) is 4. The van der Waals surface area contributed by atoms with Gasteiger partial charge in [-0.1, -0.05) is 23.7 Å². The number of carbonyl (C=O) groups is 2. The summed E-state index contributed by atoms with van der Waals surface area (Å²) >= 11 is 5.78. The fraction of sp³-hybridized carbons (Fsp3) is 0.316. The first-order chi connectivity index (χ1) is 14.7. The Kier molecular flexibility index (Phi) is 6.88. The number of piperidine rings is 1. The molecule has 1 amide bonds. The lowest BCUT2D eigenvalue weighted by molar-refractivity contribution is 0.0696. The molecule has 0 radical (unpaired) electrons. The van der Waals surface area contributed by atoms with Gasteiger partial charge in [-0.2, -0.15) is 4.99 Å². The van der Waals surface area contributed by atoms with Crippen LogP contribution in [0.25, 0.3) is 0 Å². The number of nitrogen functional groups attached to an aromatic ring is 2. The number of halogens is 1. The fourth-order valence-electron chi connectivity index (χ4n) is 3.30. The highest BCUT2D eigenvalue weighted by Gasteiger charge is 2.21. The van der Waals surface area contributed by atoms with Gasteiger partial charge in [0.15, 0.2) is 28.4 Å². The van der Waals surface area contributed by atoms with E-state index in [1.54, 1.807) is 18.2 Å². The van der Waals surface area contributed by atoms with Gasteiger partial charge in [-0.3, -0.25) is 9.69 Å². The molecule has 0 unspecified atom stereocenters. The van der Waals surface area contributed by atoms with Crippen molar-refractivity contribution in [3.05, 3.63) is 46.2 Å². The maximum atomic E-state index is 12.3. The SMILES string of the molecule is N/C(=N\C(=O)c1nc(Cl)c(N)nc1N)NC1CCN(Cc2cccc(C(=O)O)c2)CC1. The molecular formula is C19H23ClN8O3. The van der Waals surface area contributed by atoms with Crippen molar-refractivity contribution in [3.63, 3.8) is 0 Å². The minimum Gasteiger partial charge on any atom is -0.478 e. The Balaban J connectivity index is 1.53. The second kappa shape index (κ2) is 9.58. The van der Waals surface area contributed by atoms with Crippen LogP contribution in [0.4, 0.5) is 11.6 Å². The van der Waals surface area contributed by atoms with Crippen LogP contribution in [0.1, 0.15) is 39.3 Å². The minimum absolute atomic E-state index is 0.0385. The van der Waals surface area contributed by atoms with Gasteiger partial charge in [0.05, 0.1) is 5.56 Å². The molecule has 0 saturated carbocycles. The molecule has 0 spiro atoms. The van der Waals surface area contributed by atoms with Gasteiger partial charge in [-0.25, -0.2) is 14.8 Å². The molecular weight excluding hydrogens is 424 g/mol. The molecule has 11 nitrogen and oxygen atoms in total. The van der Waals surface area contributed by atoms with Crippen molar-refractivity contribution in [2.75, 3.05) is 24.6 Å². The van der Waals surface area contributed by atoms with Crippen LogP contribution in [0, 0.1) is 0 Å². The number of nitrogens with one attached hydrogen (secondary N) is 1. The van der Waals surface area contributed by atoms with Crippen LogP contribution >= 0.6 is 11.6 Å². The smallest absolute Gasteiger partial charge is 0.335 e. The number of aromatic carboxylic acids is 1. The summed E-state index contributed by atoms with van der Waals surface area (Å²) in [5.41, 5.74) is 18.0. The zero-order valence-corrected chi connectivity index (χ0v) is 17.3. The number of anilines is 2. The van der Waals surface area contributed by atoms with E-state index >= 15 is 0 Å². The summed E-state index contributed by atoms with van der Waals surface area (Å²) < 4.78 is 0. The first-order valence-corrected chi connectivity index (χ1v) is 9.89. The summed E-state index contributed by atoms with van der Waals surface area (Å²) in [6.07, 6.45) is 1.55. The number of nitrogens with two attached hydrogens (primary N) is 3. The van der Waals surface area contributed by atoms with E-state index in [0.717, 1.165) is 31.5 Å². The maximum Gasteiger partial charge on any atom is 0.335 e. The molecule has 31 heavy (non-hydrogen) atoms. The number of aromatic nitrogens is 2. The van der Waals surface area contributed by atoms with Crippen molar-refractivity contribution in [3.8, 4) is 0 Å². The molecule has 164 valence electrons. The van der Waals surface area contributed by atoms with Crippen LogP contribution in [-0.2, 0) is 6.54 Å². The van der Waals surface area contributed by atoms with Gasteiger partial charge in [0.25, 0.3) is 0 Å². The standard InChI is InChI=1S/C19H23ClN8O3/c20-14-16(22)26-15(21)13(25-14)17(29)27-19(23)24-12-4-6-28(7-5-12)9-10-2-1-3-11(8-10)18(30)31/h1-3,8,12H,4-7,9H2,(H,30,31)(H4,21,22,26)(H3,23,24,27,29). The normalized spacial score (nSPS) is 15.6. The molecule has 1 fully saturated rings. The number of hydrogen-bond donors (Lipinski definition) is 5.